The minimum Gasteiger partial charge on any atom is -0.401 e. The fraction of sp³-hybridized carbons (Fsp3) is 0.391. The molecular formula is C23H25N5O. The van der Waals surface area contributed by atoms with Crippen molar-refractivity contribution in [2.45, 2.75) is 51.9 Å². The lowest BCUT2D eigenvalue weighted by Gasteiger charge is -2.23. The van der Waals surface area contributed by atoms with Crippen molar-refractivity contribution in [1.82, 2.24) is 15.2 Å². The van der Waals surface area contributed by atoms with Crippen LogP contribution in [-0.2, 0) is 5.41 Å². The minimum absolute atomic E-state index is 0.00292. The number of aliphatic imine (C=N–C) groups is 1. The topological polar surface area (TPSA) is 76.2 Å². The molecule has 2 aliphatic rings. The predicted octanol–water partition coefficient (Wildman–Crippen LogP) is 5.15. The molecule has 3 heterocycles. The average molecular weight is 387 g/mol. The van der Waals surface area contributed by atoms with Gasteiger partial charge in [0.2, 0.25) is 0 Å². The van der Waals surface area contributed by atoms with Gasteiger partial charge in [0, 0.05) is 11.6 Å². The minimum atomic E-state index is -0.00292. The molecule has 3 aromatic rings. The van der Waals surface area contributed by atoms with Crippen molar-refractivity contribution in [2.75, 3.05) is 11.9 Å². The Morgan fingerprint density at radius 2 is 1.93 bits per heavy atom. The van der Waals surface area contributed by atoms with Gasteiger partial charge in [0.05, 0.1) is 17.8 Å². The lowest BCUT2D eigenvalue weighted by molar-refractivity contribution is 0.583. The van der Waals surface area contributed by atoms with Gasteiger partial charge in [0.25, 0.3) is 5.89 Å². The molecule has 29 heavy (non-hydrogen) atoms. The molecule has 0 saturated heterocycles. The number of hydrogen-bond donors (Lipinski definition) is 1. The van der Waals surface area contributed by atoms with Gasteiger partial charge in [0.1, 0.15) is 5.69 Å². The van der Waals surface area contributed by atoms with Crippen molar-refractivity contribution in [3.05, 3.63) is 46.7 Å². The third-order valence-electron chi connectivity index (χ3n) is 5.54. The van der Waals surface area contributed by atoms with E-state index < -0.39 is 0 Å². The maximum atomic E-state index is 5.83. The Morgan fingerprint density at radius 3 is 2.62 bits per heavy atom. The molecule has 1 saturated carbocycles. The van der Waals surface area contributed by atoms with E-state index >= 15 is 0 Å². The second-order valence-electron chi connectivity index (χ2n) is 9.00. The molecule has 0 bridgehead atoms. The number of aromatic nitrogens is 3. The zero-order valence-corrected chi connectivity index (χ0v) is 17.3. The molecule has 5 rings (SSSR count). The van der Waals surface area contributed by atoms with E-state index in [4.69, 9.17) is 9.40 Å². The summed E-state index contributed by atoms with van der Waals surface area (Å²) in [6, 6.07) is 7.06. The second-order valence-corrected chi connectivity index (χ2v) is 9.00. The number of nitrogens with zero attached hydrogens (tertiary/aromatic N) is 4. The molecule has 6 heteroatoms. The van der Waals surface area contributed by atoms with Crippen molar-refractivity contribution >= 4 is 23.1 Å². The lowest BCUT2D eigenvalue weighted by atomic mass is 9.83. The number of fused-ring (bicyclic) bond motifs is 1. The van der Waals surface area contributed by atoms with Crippen LogP contribution in [0.4, 0.5) is 6.01 Å². The fourth-order valence-corrected chi connectivity index (χ4v) is 3.79. The number of benzene rings is 1. The molecule has 2 aromatic heterocycles. The fourth-order valence-electron chi connectivity index (χ4n) is 3.79. The van der Waals surface area contributed by atoms with E-state index in [0.29, 0.717) is 30.1 Å². The summed E-state index contributed by atoms with van der Waals surface area (Å²) in [6.45, 7) is 9.54. The first-order valence-electron chi connectivity index (χ1n) is 10.1. The third kappa shape index (κ3) is 3.43. The van der Waals surface area contributed by atoms with Crippen LogP contribution in [0.25, 0.3) is 22.5 Å². The molecule has 1 aliphatic carbocycles. The van der Waals surface area contributed by atoms with Crippen molar-refractivity contribution in [1.29, 1.82) is 0 Å². The molecule has 0 atom stereocenters. The molecular weight excluding hydrogens is 362 g/mol. The Balaban J connectivity index is 1.59. The van der Waals surface area contributed by atoms with Crippen LogP contribution in [0, 0.1) is 6.92 Å². The number of allylic oxidation sites excluding steroid dienone is 1. The first-order chi connectivity index (χ1) is 13.9. The van der Waals surface area contributed by atoms with Crippen LogP contribution in [0.15, 0.2) is 39.4 Å². The summed E-state index contributed by atoms with van der Waals surface area (Å²) in [7, 11) is 0. The average Bonchev–Trinajstić information content (AvgIpc) is 3.20. The normalized spacial score (nSPS) is 16.5. The third-order valence-corrected chi connectivity index (χ3v) is 5.54. The maximum absolute atomic E-state index is 5.83. The highest BCUT2D eigenvalue weighted by atomic mass is 16.4. The van der Waals surface area contributed by atoms with E-state index in [2.05, 4.69) is 60.3 Å². The number of anilines is 1. The molecule has 0 unspecified atom stereocenters. The van der Waals surface area contributed by atoms with Crippen LogP contribution in [0.2, 0.25) is 0 Å². The highest BCUT2D eigenvalue weighted by molar-refractivity contribution is 5.89. The Hall–Kier alpha value is -3.02. The molecule has 1 fully saturated rings. The smallest absolute Gasteiger partial charge is 0.320 e. The van der Waals surface area contributed by atoms with Gasteiger partial charge in [-0.2, -0.15) is 0 Å². The number of hydrogen-bond acceptors (Lipinski definition) is 6. The van der Waals surface area contributed by atoms with Gasteiger partial charge >= 0.3 is 6.01 Å². The predicted molar refractivity (Wildman–Crippen MR) is 116 cm³/mol. The monoisotopic (exact) mass is 387 g/mol. The van der Waals surface area contributed by atoms with Gasteiger partial charge in [0.15, 0.2) is 0 Å². The van der Waals surface area contributed by atoms with Crippen molar-refractivity contribution < 1.29 is 4.42 Å². The summed E-state index contributed by atoms with van der Waals surface area (Å²) in [5.41, 5.74) is 6.48. The van der Waals surface area contributed by atoms with Crippen LogP contribution in [-0.4, -0.2) is 27.9 Å². The molecule has 0 spiro atoms. The number of aryl methyl sites for hydroxylation is 1. The summed E-state index contributed by atoms with van der Waals surface area (Å²) in [5, 5.41) is 12.6. The summed E-state index contributed by atoms with van der Waals surface area (Å²) >= 11 is 0. The Morgan fingerprint density at radius 1 is 1.10 bits per heavy atom. The molecule has 6 nitrogen and oxygen atoms in total. The highest BCUT2D eigenvalue weighted by Crippen LogP contribution is 2.44. The Labute approximate surface area is 170 Å². The van der Waals surface area contributed by atoms with E-state index in [-0.39, 0.29) is 5.41 Å². The zero-order valence-electron chi connectivity index (χ0n) is 17.3. The van der Waals surface area contributed by atoms with E-state index in [1.165, 1.54) is 34.9 Å². The van der Waals surface area contributed by atoms with E-state index in [1.54, 1.807) is 6.21 Å². The van der Waals surface area contributed by atoms with Crippen molar-refractivity contribution in [3.8, 4) is 11.6 Å². The number of rotatable bonds is 4. The Bertz CT molecular complexity index is 1160. The van der Waals surface area contributed by atoms with Gasteiger partial charge < -0.3 is 9.73 Å². The van der Waals surface area contributed by atoms with Crippen LogP contribution in [0.5, 0.6) is 0 Å². The number of pyridine rings is 1. The lowest BCUT2D eigenvalue weighted by Crippen LogP contribution is -2.13. The largest absolute Gasteiger partial charge is 0.401 e. The zero-order chi connectivity index (χ0) is 20.2. The van der Waals surface area contributed by atoms with Gasteiger partial charge in [-0.05, 0) is 66.0 Å². The van der Waals surface area contributed by atoms with Gasteiger partial charge in [-0.1, -0.05) is 31.9 Å². The second kappa shape index (κ2) is 6.51. The molecule has 1 aliphatic heterocycles. The van der Waals surface area contributed by atoms with E-state index in [9.17, 15) is 0 Å². The van der Waals surface area contributed by atoms with Gasteiger partial charge in [-0.15, -0.1) is 5.10 Å². The molecule has 0 radical (unpaired) electrons. The standard InChI is InChI=1S/C23H25N5O/c1-13-9-19(21-27-28-22(29-21)25-16-7-8-24-12-16)26-20-17(13)10-15(14-5-6-14)11-18(20)23(2,3)4/h7,9-12,14H,5-6,8H2,1-4H3,(H,25,28). The summed E-state index contributed by atoms with van der Waals surface area (Å²) in [6.07, 6.45) is 6.31. The van der Waals surface area contributed by atoms with Gasteiger partial charge in [-0.3, -0.25) is 4.99 Å². The first kappa shape index (κ1) is 18.0. The van der Waals surface area contributed by atoms with Crippen LogP contribution in [0.1, 0.15) is 56.2 Å². The highest BCUT2D eigenvalue weighted by Gasteiger charge is 2.28. The number of nitrogens with one attached hydrogen (secondary N) is 1. The van der Waals surface area contributed by atoms with Crippen LogP contribution < -0.4 is 5.32 Å². The van der Waals surface area contributed by atoms with E-state index in [1.807, 2.05) is 12.1 Å². The first-order valence-corrected chi connectivity index (χ1v) is 10.1. The molecule has 1 aromatic carbocycles. The van der Waals surface area contributed by atoms with Crippen molar-refractivity contribution in [3.63, 3.8) is 0 Å². The maximum Gasteiger partial charge on any atom is 0.320 e. The van der Waals surface area contributed by atoms with E-state index in [0.717, 1.165) is 11.2 Å². The summed E-state index contributed by atoms with van der Waals surface area (Å²) in [4.78, 5) is 9.12. The SMILES string of the molecule is Cc1cc(-c2nnc(NC3=CCN=C3)o2)nc2c(C(C)(C)C)cc(C3CC3)cc12. The Kier molecular flexibility index (Phi) is 4.05. The van der Waals surface area contributed by atoms with Crippen molar-refractivity contribution in [2.24, 2.45) is 4.99 Å². The van der Waals surface area contributed by atoms with Gasteiger partial charge in [-0.25, -0.2) is 4.98 Å². The summed E-state index contributed by atoms with van der Waals surface area (Å²) < 4.78 is 5.83. The van der Waals surface area contributed by atoms with Crippen LogP contribution in [0.3, 0.4) is 0 Å². The molecule has 148 valence electrons. The molecule has 1 N–H and O–H groups in total. The summed E-state index contributed by atoms with van der Waals surface area (Å²) in [5.74, 6) is 1.12. The molecule has 0 amide bonds. The van der Waals surface area contributed by atoms with Crippen LogP contribution >= 0.6 is 0 Å². The quantitative estimate of drug-likeness (QED) is 0.670.